The zero-order chi connectivity index (χ0) is 20.6. The van der Waals surface area contributed by atoms with Gasteiger partial charge in [-0.15, -0.1) is 10.9 Å². The fraction of sp³-hybridized carbons (Fsp3) is 0. The molecule has 0 atom stereocenters. The highest BCUT2D eigenvalue weighted by atomic mass is 32.1. The van der Waals surface area contributed by atoms with Gasteiger partial charge in [0.25, 0.3) is 0 Å². The Morgan fingerprint density at radius 1 is 0.500 bits per heavy atom. The van der Waals surface area contributed by atoms with Crippen molar-refractivity contribution < 1.29 is 0 Å². The summed E-state index contributed by atoms with van der Waals surface area (Å²) in [4.78, 5) is 0. The Labute approximate surface area is 184 Å². The third-order valence-corrected chi connectivity index (χ3v) is 11.7. The summed E-state index contributed by atoms with van der Waals surface area (Å²) in [6.45, 7) is 0. The van der Waals surface area contributed by atoms with Crippen LogP contribution in [0.5, 0.6) is 0 Å². The van der Waals surface area contributed by atoms with Crippen LogP contribution >= 0.6 is 26.8 Å². The van der Waals surface area contributed by atoms with E-state index in [1.165, 1.54) is 36.5 Å². The molecule has 0 saturated heterocycles. The van der Waals surface area contributed by atoms with Gasteiger partial charge in [0.2, 0.25) is 0 Å². The molecule has 4 heteroatoms. The molecule has 146 valence electrons. The summed E-state index contributed by atoms with van der Waals surface area (Å²) >= 11 is 0. The lowest BCUT2D eigenvalue weighted by molar-refractivity contribution is 1.75. The predicted molar refractivity (Wildman–Crippen MR) is 139 cm³/mol. The average molecular weight is 440 g/mol. The number of benzene rings is 4. The van der Waals surface area contributed by atoms with Crippen LogP contribution in [0.15, 0.2) is 121 Å². The highest BCUT2D eigenvalue weighted by Crippen LogP contribution is 2.52. The van der Waals surface area contributed by atoms with E-state index in [0.29, 0.717) is 0 Å². The maximum absolute atomic E-state index is 9.83. The second kappa shape index (κ2) is 10.4. The smallest absolute Gasteiger partial charge is 0.0529 e. The van der Waals surface area contributed by atoms with Crippen molar-refractivity contribution in [3.05, 3.63) is 127 Å². The van der Waals surface area contributed by atoms with Gasteiger partial charge in [-0.3, -0.25) is 0 Å². The van der Waals surface area contributed by atoms with Crippen LogP contribution in [0, 0.1) is 0 Å². The van der Waals surface area contributed by atoms with Crippen LogP contribution in [0.2, 0.25) is 0 Å². The van der Waals surface area contributed by atoms with Crippen LogP contribution in [-0.2, 0) is 0 Å². The third-order valence-electron chi connectivity index (χ3n) is 4.58. The summed E-state index contributed by atoms with van der Waals surface area (Å²) in [6, 6.07) is 42.5. The van der Waals surface area contributed by atoms with Crippen molar-refractivity contribution in [2.45, 2.75) is 0 Å². The van der Waals surface area contributed by atoms with E-state index in [-0.39, 0.29) is 0 Å². The van der Waals surface area contributed by atoms with E-state index >= 15 is 0 Å². The quantitative estimate of drug-likeness (QED) is 0.213. The molecule has 30 heavy (non-hydrogen) atoms. The van der Waals surface area contributed by atoms with Crippen molar-refractivity contribution >= 4 is 57.5 Å². The number of nitrogens with zero attached hydrogens (tertiary/aromatic N) is 1. The van der Waals surface area contributed by atoms with Gasteiger partial charge in [-0.1, -0.05) is 121 Å². The van der Waals surface area contributed by atoms with E-state index in [9.17, 15) is 5.41 Å². The Bertz CT molecular complexity index is 1000. The molecule has 0 heterocycles. The average Bonchev–Trinajstić information content (AvgIpc) is 2.82. The minimum Gasteiger partial charge on any atom is -0.753 e. The van der Waals surface area contributed by atoms with Gasteiger partial charge in [0, 0.05) is 0 Å². The first-order valence-electron chi connectivity index (χ1n) is 9.62. The first-order valence-corrected chi connectivity index (χ1v) is 13.1. The summed E-state index contributed by atoms with van der Waals surface area (Å²) in [6.07, 6.45) is 0. The Morgan fingerprint density at radius 3 is 1.00 bits per heavy atom. The fourth-order valence-electron chi connectivity index (χ4n) is 3.28. The van der Waals surface area contributed by atoms with Gasteiger partial charge in [-0.05, 0) is 37.1 Å². The van der Waals surface area contributed by atoms with Gasteiger partial charge in [0.05, 0.1) is 4.35 Å². The number of rotatable bonds is 6. The Morgan fingerprint density at radius 2 is 0.767 bits per heavy atom. The molecule has 4 rings (SSSR count). The first-order chi connectivity index (χ1) is 14.9. The molecule has 0 amide bonds. The van der Waals surface area contributed by atoms with Crippen molar-refractivity contribution in [1.82, 2.24) is 0 Å². The molecule has 1 nitrogen and oxygen atoms in total. The van der Waals surface area contributed by atoms with Gasteiger partial charge >= 0.3 is 0 Å². The van der Waals surface area contributed by atoms with E-state index in [1.54, 1.807) is 0 Å². The van der Waals surface area contributed by atoms with E-state index in [2.05, 4.69) is 126 Å². The first kappa shape index (κ1) is 20.7. The normalized spacial score (nSPS) is 10.6. The molecule has 0 fully saturated rings. The van der Waals surface area contributed by atoms with Gasteiger partial charge in [0.1, 0.15) is 0 Å². The minimum atomic E-state index is -0.821. The third kappa shape index (κ3) is 4.76. The second-order valence-corrected chi connectivity index (χ2v) is 12.5. The summed E-state index contributed by atoms with van der Waals surface area (Å²) in [5, 5.41) is 17.4. The molecule has 0 aromatic heterocycles. The van der Waals surface area contributed by atoms with Crippen LogP contribution in [0.25, 0.3) is 5.41 Å². The molecule has 0 N–H and O–H groups in total. The van der Waals surface area contributed by atoms with Crippen LogP contribution in [0.4, 0.5) is 0 Å². The lowest BCUT2D eigenvalue weighted by atomic mass is 10.4. The summed E-state index contributed by atoms with van der Waals surface area (Å²) in [5.74, 6) is 0. The molecule has 0 unspecified atom stereocenters. The maximum atomic E-state index is 9.83. The monoisotopic (exact) mass is 440 g/mol. The van der Waals surface area contributed by atoms with E-state index < -0.39 is 15.8 Å². The zero-order valence-corrected chi connectivity index (χ0v) is 18.9. The van der Waals surface area contributed by atoms with Crippen LogP contribution in [0.3, 0.4) is 0 Å². The van der Waals surface area contributed by atoms with Crippen LogP contribution in [0.1, 0.15) is 0 Å². The molecular weight excluding hydrogens is 420 g/mol. The highest BCUT2D eigenvalue weighted by Gasteiger charge is 2.28. The lowest BCUT2D eigenvalue weighted by Gasteiger charge is -2.28. The van der Waals surface area contributed by atoms with Crippen molar-refractivity contribution in [3.63, 3.8) is 0 Å². The lowest BCUT2D eigenvalue weighted by Crippen LogP contribution is -2.23. The largest absolute Gasteiger partial charge is 0.753 e. The number of hydrogen-bond acceptors (Lipinski definition) is 0. The molecule has 0 aliphatic heterocycles. The highest BCUT2D eigenvalue weighted by molar-refractivity contribution is 8.29. The van der Waals surface area contributed by atoms with Crippen LogP contribution < -0.4 is 21.2 Å². The molecule has 0 aliphatic carbocycles. The van der Waals surface area contributed by atoms with E-state index in [4.69, 9.17) is 0 Å². The van der Waals surface area contributed by atoms with Gasteiger partial charge in [0.15, 0.2) is 0 Å². The standard InChI is InChI=1S/C26H20NP2S/c27-21-30-26(28(22-13-5-1-6-14-22)23-15-7-2-8-16-23)29(24-17-9-3-10-18-24)25-19-11-4-12-20-25/h1-20H/q-1. The van der Waals surface area contributed by atoms with Crippen molar-refractivity contribution in [2.75, 3.05) is 0 Å². The fourth-order valence-corrected chi connectivity index (χ4v) is 11.1. The number of isothiocyanates is 1. The Hall–Kier alpha value is -2.59. The Balaban J connectivity index is 1.98. The SMILES string of the molecule is [N-]=C=S=C(P(c1ccccc1)c1ccccc1)P(c1ccccc1)c1ccccc1. The van der Waals surface area contributed by atoms with Gasteiger partial charge in [-0.2, -0.15) is 0 Å². The molecule has 0 spiro atoms. The summed E-state index contributed by atoms with van der Waals surface area (Å²) < 4.78 is 1.25. The second-order valence-electron chi connectivity index (χ2n) is 6.49. The van der Waals surface area contributed by atoms with Crippen molar-refractivity contribution in [2.24, 2.45) is 0 Å². The van der Waals surface area contributed by atoms with Crippen molar-refractivity contribution in [1.29, 1.82) is 0 Å². The zero-order valence-electron chi connectivity index (χ0n) is 16.3. The predicted octanol–water partition coefficient (Wildman–Crippen LogP) is 5.55. The van der Waals surface area contributed by atoms with Gasteiger partial charge < -0.3 is 5.41 Å². The molecular formula is C26H20NP2S-. The molecule has 0 aliphatic rings. The minimum absolute atomic E-state index is 0.821. The van der Waals surface area contributed by atoms with E-state index in [1.807, 2.05) is 0 Å². The Kier molecular flexibility index (Phi) is 7.20. The molecule has 0 radical (unpaired) electrons. The summed E-state index contributed by atoms with van der Waals surface area (Å²) in [7, 11) is -0.290. The molecule has 0 saturated carbocycles. The van der Waals surface area contributed by atoms with Gasteiger partial charge in [-0.25, -0.2) is 5.16 Å². The molecule has 4 aromatic carbocycles. The van der Waals surface area contributed by atoms with Crippen LogP contribution in [-0.4, -0.2) is 9.51 Å². The number of hydrogen-bond donors (Lipinski definition) is 0. The van der Waals surface area contributed by atoms with Crippen molar-refractivity contribution in [3.8, 4) is 0 Å². The summed E-state index contributed by atoms with van der Waals surface area (Å²) in [5.41, 5.74) is 0. The maximum Gasteiger partial charge on any atom is 0.0529 e. The molecule has 4 aromatic rings. The van der Waals surface area contributed by atoms with E-state index in [0.717, 1.165) is 0 Å². The molecule has 0 bridgehead atoms. The topological polar surface area (TPSA) is 22.3 Å².